The van der Waals surface area contributed by atoms with Crippen molar-refractivity contribution < 1.29 is 13.2 Å². The molecular weight excluding hydrogens is 305 g/mol. The smallest absolute Gasteiger partial charge is 0.324 e. The molecule has 0 aliphatic heterocycles. The standard InChI is InChI=1S/C13H16ClF3N4/c14-10-7-8(13(15,16)17)5-6-11(10)20-12(21-18)19-9-3-1-2-4-9/h5-7,9H,1-4,18H2,(H2,19,20,21). The number of guanidine groups is 1. The van der Waals surface area contributed by atoms with Gasteiger partial charge in [-0.05, 0) is 31.0 Å². The maximum absolute atomic E-state index is 12.6. The SMILES string of the molecule is NNC(=NC1CCCC1)Nc1ccc(C(F)(F)F)cc1Cl. The van der Waals surface area contributed by atoms with E-state index in [0.717, 1.165) is 37.8 Å². The number of halogens is 4. The van der Waals surface area contributed by atoms with Gasteiger partial charge >= 0.3 is 6.18 Å². The van der Waals surface area contributed by atoms with Crippen LogP contribution in [0.1, 0.15) is 31.2 Å². The van der Waals surface area contributed by atoms with Gasteiger partial charge in [0.2, 0.25) is 5.96 Å². The number of aliphatic imine (C=N–C) groups is 1. The second kappa shape index (κ2) is 6.53. The van der Waals surface area contributed by atoms with Crippen molar-refractivity contribution in [2.75, 3.05) is 5.32 Å². The van der Waals surface area contributed by atoms with Crippen molar-refractivity contribution in [3.05, 3.63) is 28.8 Å². The third kappa shape index (κ3) is 4.25. The molecule has 4 nitrogen and oxygen atoms in total. The van der Waals surface area contributed by atoms with E-state index in [0.29, 0.717) is 11.6 Å². The first-order chi connectivity index (χ1) is 9.90. The molecule has 4 N–H and O–H groups in total. The van der Waals surface area contributed by atoms with E-state index in [1.807, 2.05) is 0 Å². The normalized spacial score (nSPS) is 17.1. The predicted octanol–water partition coefficient (Wildman–Crippen LogP) is 3.53. The van der Waals surface area contributed by atoms with E-state index in [-0.39, 0.29) is 11.1 Å². The number of rotatable bonds is 2. The topological polar surface area (TPSA) is 62.4 Å². The summed E-state index contributed by atoms with van der Waals surface area (Å²) in [5.41, 5.74) is 1.93. The molecule has 1 aliphatic carbocycles. The Bertz CT molecular complexity index is 525. The highest BCUT2D eigenvalue weighted by molar-refractivity contribution is 6.33. The van der Waals surface area contributed by atoms with Gasteiger partial charge in [-0.15, -0.1) is 0 Å². The first-order valence-electron chi connectivity index (χ1n) is 6.58. The van der Waals surface area contributed by atoms with Gasteiger partial charge < -0.3 is 5.32 Å². The van der Waals surface area contributed by atoms with E-state index in [1.54, 1.807) is 0 Å². The number of benzene rings is 1. The molecule has 0 amide bonds. The van der Waals surface area contributed by atoms with E-state index < -0.39 is 11.7 Å². The van der Waals surface area contributed by atoms with Crippen molar-refractivity contribution >= 4 is 23.2 Å². The summed E-state index contributed by atoms with van der Waals surface area (Å²) >= 11 is 5.87. The molecule has 1 saturated carbocycles. The van der Waals surface area contributed by atoms with Crippen molar-refractivity contribution in [3.63, 3.8) is 0 Å². The highest BCUT2D eigenvalue weighted by Gasteiger charge is 2.31. The molecule has 0 atom stereocenters. The van der Waals surface area contributed by atoms with Crippen LogP contribution in [0.5, 0.6) is 0 Å². The number of hydrazine groups is 1. The Labute approximate surface area is 125 Å². The minimum absolute atomic E-state index is 0.0424. The number of anilines is 1. The van der Waals surface area contributed by atoms with Gasteiger partial charge in [0.1, 0.15) is 0 Å². The highest BCUT2D eigenvalue weighted by atomic mass is 35.5. The predicted molar refractivity (Wildman–Crippen MR) is 77.1 cm³/mol. The van der Waals surface area contributed by atoms with E-state index >= 15 is 0 Å². The highest BCUT2D eigenvalue weighted by Crippen LogP contribution is 2.33. The minimum Gasteiger partial charge on any atom is -0.324 e. The van der Waals surface area contributed by atoms with E-state index in [1.165, 1.54) is 6.07 Å². The maximum Gasteiger partial charge on any atom is 0.416 e. The molecule has 0 saturated heterocycles. The lowest BCUT2D eigenvalue weighted by Gasteiger charge is -2.14. The average molecular weight is 321 g/mol. The van der Waals surface area contributed by atoms with Gasteiger partial charge in [-0.3, -0.25) is 5.43 Å². The third-order valence-electron chi connectivity index (χ3n) is 3.32. The molecule has 1 aromatic rings. The maximum atomic E-state index is 12.6. The molecule has 0 unspecified atom stereocenters. The summed E-state index contributed by atoms with van der Waals surface area (Å²) in [6.07, 6.45) is -0.226. The average Bonchev–Trinajstić information content (AvgIpc) is 2.91. The van der Waals surface area contributed by atoms with Crippen molar-refractivity contribution in [1.29, 1.82) is 0 Å². The zero-order chi connectivity index (χ0) is 15.5. The zero-order valence-electron chi connectivity index (χ0n) is 11.2. The molecule has 116 valence electrons. The van der Waals surface area contributed by atoms with E-state index in [9.17, 15) is 13.2 Å². The van der Waals surface area contributed by atoms with Gasteiger partial charge in [-0.2, -0.15) is 13.2 Å². The van der Waals surface area contributed by atoms with Crippen LogP contribution in [0.4, 0.5) is 18.9 Å². The monoisotopic (exact) mass is 320 g/mol. The third-order valence-corrected chi connectivity index (χ3v) is 3.64. The van der Waals surface area contributed by atoms with Crippen LogP contribution < -0.4 is 16.6 Å². The van der Waals surface area contributed by atoms with Crippen molar-refractivity contribution in [3.8, 4) is 0 Å². The largest absolute Gasteiger partial charge is 0.416 e. The van der Waals surface area contributed by atoms with Crippen LogP contribution in [-0.2, 0) is 6.18 Å². The molecule has 21 heavy (non-hydrogen) atoms. The second-order valence-electron chi connectivity index (χ2n) is 4.88. The van der Waals surface area contributed by atoms with Gasteiger partial charge in [0, 0.05) is 0 Å². The summed E-state index contributed by atoms with van der Waals surface area (Å²) < 4.78 is 37.7. The van der Waals surface area contributed by atoms with E-state index in [4.69, 9.17) is 17.4 Å². The lowest BCUT2D eigenvalue weighted by atomic mass is 10.2. The number of nitrogens with two attached hydrogens (primary N) is 1. The summed E-state index contributed by atoms with van der Waals surface area (Å²) in [6.45, 7) is 0. The molecule has 8 heteroatoms. The van der Waals surface area contributed by atoms with Gasteiger partial charge in [-0.25, -0.2) is 10.8 Å². The van der Waals surface area contributed by atoms with Crippen molar-refractivity contribution in [2.24, 2.45) is 10.8 Å². The Morgan fingerprint density at radius 1 is 1.29 bits per heavy atom. The molecule has 0 heterocycles. The number of nitrogens with zero attached hydrogens (tertiary/aromatic N) is 1. The van der Waals surface area contributed by atoms with Crippen LogP contribution in [0.2, 0.25) is 5.02 Å². The summed E-state index contributed by atoms with van der Waals surface area (Å²) in [4.78, 5) is 4.39. The number of alkyl halides is 3. The summed E-state index contributed by atoms with van der Waals surface area (Å²) in [7, 11) is 0. The summed E-state index contributed by atoms with van der Waals surface area (Å²) in [5, 5.41) is 2.77. The Balaban J connectivity index is 2.14. The number of nitrogens with one attached hydrogen (secondary N) is 2. The summed E-state index contributed by atoms with van der Waals surface area (Å²) in [6, 6.07) is 3.26. The van der Waals surface area contributed by atoms with Crippen molar-refractivity contribution in [2.45, 2.75) is 37.9 Å². The van der Waals surface area contributed by atoms with Gasteiger partial charge in [0.15, 0.2) is 0 Å². The quantitative estimate of drug-likeness (QED) is 0.338. The second-order valence-corrected chi connectivity index (χ2v) is 5.28. The Kier molecular flexibility index (Phi) is 4.95. The zero-order valence-corrected chi connectivity index (χ0v) is 11.9. The Morgan fingerprint density at radius 3 is 2.48 bits per heavy atom. The molecule has 1 aliphatic rings. The Morgan fingerprint density at radius 2 is 1.95 bits per heavy atom. The fourth-order valence-corrected chi connectivity index (χ4v) is 2.47. The lowest BCUT2D eigenvalue weighted by molar-refractivity contribution is -0.137. The molecule has 1 aromatic carbocycles. The fourth-order valence-electron chi connectivity index (χ4n) is 2.24. The van der Waals surface area contributed by atoms with Gasteiger partial charge in [0.05, 0.1) is 22.3 Å². The van der Waals surface area contributed by atoms with Crippen LogP contribution >= 0.6 is 11.6 Å². The molecule has 0 spiro atoms. The number of hydrogen-bond donors (Lipinski definition) is 3. The lowest BCUT2D eigenvalue weighted by Crippen LogP contribution is -2.37. The van der Waals surface area contributed by atoms with Crippen LogP contribution in [0, 0.1) is 0 Å². The van der Waals surface area contributed by atoms with Crippen molar-refractivity contribution in [1.82, 2.24) is 5.43 Å². The van der Waals surface area contributed by atoms with Crippen LogP contribution in [0.25, 0.3) is 0 Å². The van der Waals surface area contributed by atoms with Crippen LogP contribution in [-0.4, -0.2) is 12.0 Å². The summed E-state index contributed by atoms with van der Waals surface area (Å²) in [5.74, 6) is 5.68. The molecule has 0 bridgehead atoms. The minimum atomic E-state index is -4.42. The van der Waals surface area contributed by atoms with E-state index in [2.05, 4.69) is 15.7 Å². The first kappa shape index (κ1) is 15.9. The number of hydrogen-bond acceptors (Lipinski definition) is 2. The first-order valence-corrected chi connectivity index (χ1v) is 6.96. The fraction of sp³-hybridized carbons (Fsp3) is 0.462. The van der Waals surface area contributed by atoms with Crippen LogP contribution in [0.15, 0.2) is 23.2 Å². The molecule has 0 radical (unpaired) electrons. The van der Waals surface area contributed by atoms with Gasteiger partial charge in [-0.1, -0.05) is 24.4 Å². The van der Waals surface area contributed by atoms with Gasteiger partial charge in [0.25, 0.3) is 0 Å². The van der Waals surface area contributed by atoms with Crippen LogP contribution in [0.3, 0.4) is 0 Å². The molecule has 0 aromatic heterocycles. The Hall–Kier alpha value is -1.47. The molecule has 2 rings (SSSR count). The molecule has 1 fully saturated rings. The molecular formula is C13H16ClF3N4.